The zero-order valence-electron chi connectivity index (χ0n) is 18.5. The predicted molar refractivity (Wildman–Crippen MR) is 121 cm³/mol. The third kappa shape index (κ3) is 4.79. The molecule has 3 amide bonds. The number of hydrogen-bond donors (Lipinski definition) is 1. The number of benzene rings is 1. The van der Waals surface area contributed by atoms with E-state index in [9.17, 15) is 14.4 Å². The number of piperidine rings is 1. The first-order valence-electron chi connectivity index (χ1n) is 11.3. The molecule has 174 valence electrons. The lowest BCUT2D eigenvalue weighted by Gasteiger charge is -2.35. The van der Waals surface area contributed by atoms with Gasteiger partial charge >= 0.3 is 0 Å². The average molecular weight is 462 g/mol. The van der Waals surface area contributed by atoms with E-state index in [4.69, 9.17) is 15.2 Å². The fraction of sp³-hybridized carbons (Fsp3) is 0.609. The highest BCUT2D eigenvalue weighted by atomic mass is 32.2. The Morgan fingerprint density at radius 2 is 1.97 bits per heavy atom. The number of rotatable bonds is 8. The van der Waals surface area contributed by atoms with Crippen LogP contribution in [0.15, 0.2) is 18.2 Å². The van der Waals surface area contributed by atoms with Crippen LogP contribution in [0.5, 0.6) is 5.75 Å². The molecule has 3 atom stereocenters. The molecule has 32 heavy (non-hydrogen) atoms. The standard InChI is InChI=1S/C23H31N3O5S/c1-32-11-10-30-14-26-21(27)9-8-19(23(26)29)25-13-15-12-16(6-7-17(15)22(25)28)31-20-5-3-2-4-18(20)24/h6-7,12,18-20H,2-5,8-11,13-14,24H2,1H3/t18-,19?,20-/m0/s1. The van der Waals surface area contributed by atoms with Gasteiger partial charge in [-0.1, -0.05) is 6.42 Å². The molecule has 4 rings (SSSR count). The van der Waals surface area contributed by atoms with E-state index in [1.807, 2.05) is 12.3 Å². The summed E-state index contributed by atoms with van der Waals surface area (Å²) in [5.74, 6) is 0.692. The van der Waals surface area contributed by atoms with Crippen molar-refractivity contribution in [2.24, 2.45) is 5.73 Å². The topological polar surface area (TPSA) is 102 Å². The maximum atomic E-state index is 13.1. The van der Waals surface area contributed by atoms with Gasteiger partial charge in [-0.3, -0.25) is 19.3 Å². The largest absolute Gasteiger partial charge is 0.489 e. The molecular formula is C23H31N3O5S. The van der Waals surface area contributed by atoms with Crippen molar-refractivity contribution >= 4 is 29.5 Å². The van der Waals surface area contributed by atoms with Crippen molar-refractivity contribution in [2.75, 3.05) is 25.3 Å². The van der Waals surface area contributed by atoms with Crippen molar-refractivity contribution in [1.82, 2.24) is 9.80 Å². The summed E-state index contributed by atoms with van der Waals surface area (Å²) in [5, 5.41) is 0. The van der Waals surface area contributed by atoms with Crippen LogP contribution >= 0.6 is 11.8 Å². The summed E-state index contributed by atoms with van der Waals surface area (Å²) in [6.45, 7) is 0.724. The molecule has 9 heteroatoms. The minimum Gasteiger partial charge on any atom is -0.489 e. The first-order valence-corrected chi connectivity index (χ1v) is 12.7. The van der Waals surface area contributed by atoms with Crippen molar-refractivity contribution < 1.29 is 23.9 Å². The summed E-state index contributed by atoms with van der Waals surface area (Å²) in [6.07, 6.45) is 6.63. The van der Waals surface area contributed by atoms with Crippen molar-refractivity contribution in [3.8, 4) is 5.75 Å². The second-order valence-electron chi connectivity index (χ2n) is 8.60. The Hall–Kier alpha value is -2.10. The van der Waals surface area contributed by atoms with E-state index in [0.717, 1.165) is 41.9 Å². The van der Waals surface area contributed by atoms with Gasteiger partial charge < -0.3 is 20.1 Å². The number of nitrogens with zero attached hydrogens (tertiary/aromatic N) is 2. The number of imide groups is 1. The lowest BCUT2D eigenvalue weighted by Crippen LogP contribution is -2.55. The van der Waals surface area contributed by atoms with Crippen LogP contribution in [0.1, 0.15) is 54.4 Å². The molecule has 2 aliphatic heterocycles. The van der Waals surface area contributed by atoms with Crippen LogP contribution in [0.2, 0.25) is 0 Å². The Labute approximate surface area is 192 Å². The minimum absolute atomic E-state index is 0.0133. The summed E-state index contributed by atoms with van der Waals surface area (Å²) < 4.78 is 11.6. The number of fused-ring (bicyclic) bond motifs is 1. The van der Waals surface area contributed by atoms with E-state index < -0.39 is 6.04 Å². The van der Waals surface area contributed by atoms with Crippen LogP contribution in [0.25, 0.3) is 0 Å². The smallest absolute Gasteiger partial charge is 0.255 e. The van der Waals surface area contributed by atoms with Crippen LogP contribution in [-0.2, 0) is 20.9 Å². The van der Waals surface area contributed by atoms with Gasteiger partial charge in [0.05, 0.1) is 6.61 Å². The van der Waals surface area contributed by atoms with E-state index in [-0.39, 0.29) is 43.0 Å². The molecule has 0 aromatic heterocycles. The van der Waals surface area contributed by atoms with Crippen molar-refractivity contribution in [3.63, 3.8) is 0 Å². The molecule has 1 saturated carbocycles. The lowest BCUT2D eigenvalue weighted by atomic mass is 9.93. The lowest BCUT2D eigenvalue weighted by molar-refractivity contribution is -0.158. The zero-order chi connectivity index (χ0) is 22.7. The highest BCUT2D eigenvalue weighted by Crippen LogP contribution is 2.32. The second kappa shape index (κ2) is 10.2. The fourth-order valence-corrected chi connectivity index (χ4v) is 4.92. The van der Waals surface area contributed by atoms with Crippen LogP contribution in [0.4, 0.5) is 0 Å². The SMILES string of the molecule is CSCCOCN1C(=O)CCC(N2Cc3cc(O[C@H]4CCCC[C@@H]4N)ccc3C2=O)C1=O. The molecule has 1 aliphatic carbocycles. The Balaban J connectivity index is 1.43. The van der Waals surface area contributed by atoms with Gasteiger partial charge in [-0.15, -0.1) is 0 Å². The Bertz CT molecular complexity index is 879. The molecule has 1 aromatic carbocycles. The van der Waals surface area contributed by atoms with Crippen LogP contribution in [0, 0.1) is 0 Å². The maximum absolute atomic E-state index is 13.1. The van der Waals surface area contributed by atoms with E-state index in [2.05, 4.69) is 0 Å². The van der Waals surface area contributed by atoms with Gasteiger partial charge in [0.1, 0.15) is 24.6 Å². The first-order chi connectivity index (χ1) is 15.5. The first kappa shape index (κ1) is 23.1. The molecule has 8 nitrogen and oxygen atoms in total. The van der Waals surface area contributed by atoms with Gasteiger partial charge in [0, 0.05) is 30.3 Å². The molecule has 2 N–H and O–H groups in total. The minimum atomic E-state index is -0.659. The molecule has 1 aromatic rings. The fourth-order valence-electron chi connectivity index (χ4n) is 4.64. The summed E-state index contributed by atoms with van der Waals surface area (Å²) in [6, 6.07) is 4.82. The number of nitrogens with two attached hydrogens (primary N) is 1. The molecule has 0 bridgehead atoms. The molecular weight excluding hydrogens is 430 g/mol. The molecule has 2 heterocycles. The molecule has 0 radical (unpaired) electrons. The van der Waals surface area contributed by atoms with Crippen molar-refractivity contribution in [1.29, 1.82) is 0 Å². The van der Waals surface area contributed by atoms with Gasteiger partial charge in [-0.25, -0.2) is 0 Å². The number of carbonyl (C=O) groups excluding carboxylic acids is 3. The molecule has 1 unspecified atom stereocenters. The van der Waals surface area contributed by atoms with Crippen LogP contribution < -0.4 is 10.5 Å². The van der Waals surface area contributed by atoms with Gasteiger partial charge in [0.2, 0.25) is 5.91 Å². The number of ether oxygens (including phenoxy) is 2. The van der Waals surface area contributed by atoms with E-state index in [0.29, 0.717) is 30.9 Å². The van der Waals surface area contributed by atoms with Gasteiger partial charge in [-0.2, -0.15) is 11.8 Å². The van der Waals surface area contributed by atoms with Crippen molar-refractivity contribution in [3.05, 3.63) is 29.3 Å². The summed E-state index contributed by atoms with van der Waals surface area (Å²) in [5.41, 5.74) is 7.62. The number of thioether (sulfide) groups is 1. The van der Waals surface area contributed by atoms with Crippen molar-refractivity contribution in [2.45, 2.75) is 63.3 Å². The summed E-state index contributed by atoms with van der Waals surface area (Å²) >= 11 is 1.63. The number of carbonyl (C=O) groups is 3. The van der Waals surface area contributed by atoms with Gasteiger partial charge in [0.25, 0.3) is 11.8 Å². The number of likely N-dealkylation sites (tertiary alicyclic amines) is 1. The van der Waals surface area contributed by atoms with E-state index >= 15 is 0 Å². The Morgan fingerprint density at radius 1 is 1.16 bits per heavy atom. The van der Waals surface area contributed by atoms with Gasteiger partial charge in [0.15, 0.2) is 0 Å². The summed E-state index contributed by atoms with van der Waals surface area (Å²) in [7, 11) is 0. The van der Waals surface area contributed by atoms with E-state index in [1.165, 1.54) is 0 Å². The third-order valence-electron chi connectivity index (χ3n) is 6.46. The summed E-state index contributed by atoms with van der Waals surface area (Å²) in [4.78, 5) is 41.1. The Morgan fingerprint density at radius 3 is 2.75 bits per heavy atom. The maximum Gasteiger partial charge on any atom is 0.255 e. The normalized spacial score (nSPS) is 25.9. The predicted octanol–water partition coefficient (Wildman–Crippen LogP) is 2.15. The third-order valence-corrected chi connectivity index (χ3v) is 7.04. The van der Waals surface area contributed by atoms with Crippen LogP contribution in [0.3, 0.4) is 0 Å². The van der Waals surface area contributed by atoms with Crippen LogP contribution in [-0.4, -0.2) is 71.1 Å². The highest BCUT2D eigenvalue weighted by Gasteiger charge is 2.42. The zero-order valence-corrected chi connectivity index (χ0v) is 19.3. The molecule has 1 saturated heterocycles. The average Bonchev–Trinajstić information content (AvgIpc) is 3.10. The molecule has 0 spiro atoms. The Kier molecular flexibility index (Phi) is 7.37. The number of hydrogen-bond acceptors (Lipinski definition) is 7. The highest BCUT2D eigenvalue weighted by molar-refractivity contribution is 7.98. The van der Waals surface area contributed by atoms with E-state index in [1.54, 1.807) is 28.8 Å². The monoisotopic (exact) mass is 461 g/mol. The molecule has 3 aliphatic rings. The van der Waals surface area contributed by atoms with Gasteiger partial charge in [-0.05, 0) is 55.7 Å². The quantitative estimate of drug-likeness (QED) is 0.467. The molecule has 2 fully saturated rings. The second-order valence-corrected chi connectivity index (χ2v) is 9.59. The number of amides is 3.